The maximum atomic E-state index is 13.1. The SMILES string of the molecule is NCCCCCCCCN(C/C=C/c1ccccc1)C(=O)CCc1c[nH]c2ccccc12. The first-order chi connectivity index (χ1) is 15.8. The summed E-state index contributed by atoms with van der Waals surface area (Å²) in [5.41, 5.74) is 9.09. The first-order valence-corrected chi connectivity index (χ1v) is 12.0. The molecule has 0 bridgehead atoms. The van der Waals surface area contributed by atoms with E-state index in [2.05, 4.69) is 47.5 Å². The number of H-pyrrole nitrogens is 1. The highest BCUT2D eigenvalue weighted by Crippen LogP contribution is 2.19. The molecule has 0 saturated carbocycles. The van der Waals surface area contributed by atoms with Gasteiger partial charge in [0, 0.05) is 36.6 Å². The monoisotopic (exact) mass is 431 g/mol. The van der Waals surface area contributed by atoms with E-state index in [4.69, 9.17) is 5.73 Å². The Morgan fingerprint density at radius 1 is 0.906 bits per heavy atom. The molecule has 0 aliphatic heterocycles. The highest BCUT2D eigenvalue weighted by atomic mass is 16.2. The van der Waals surface area contributed by atoms with Crippen LogP contribution in [0.1, 0.15) is 56.1 Å². The number of carbonyl (C=O) groups excluding carboxylic acids is 1. The highest BCUT2D eigenvalue weighted by Gasteiger charge is 2.13. The molecule has 3 N–H and O–H groups in total. The van der Waals surface area contributed by atoms with Gasteiger partial charge in [-0.3, -0.25) is 4.79 Å². The van der Waals surface area contributed by atoms with E-state index in [1.807, 2.05) is 35.4 Å². The van der Waals surface area contributed by atoms with Crippen molar-refractivity contribution in [3.05, 3.63) is 78.0 Å². The van der Waals surface area contributed by atoms with Crippen molar-refractivity contribution >= 4 is 22.9 Å². The van der Waals surface area contributed by atoms with Gasteiger partial charge in [0.2, 0.25) is 5.91 Å². The number of hydrogen-bond donors (Lipinski definition) is 2. The third-order valence-corrected chi connectivity index (χ3v) is 5.95. The quantitative estimate of drug-likeness (QED) is 0.310. The van der Waals surface area contributed by atoms with E-state index in [1.54, 1.807) is 0 Å². The van der Waals surface area contributed by atoms with Gasteiger partial charge in [0.15, 0.2) is 0 Å². The zero-order valence-electron chi connectivity index (χ0n) is 19.1. The van der Waals surface area contributed by atoms with E-state index in [0.717, 1.165) is 37.9 Å². The number of para-hydroxylation sites is 1. The van der Waals surface area contributed by atoms with Crippen LogP contribution in [-0.4, -0.2) is 35.4 Å². The second kappa shape index (κ2) is 13.5. The van der Waals surface area contributed by atoms with Crippen molar-refractivity contribution in [1.29, 1.82) is 0 Å². The number of rotatable bonds is 14. The minimum absolute atomic E-state index is 0.233. The lowest BCUT2D eigenvalue weighted by Crippen LogP contribution is -2.32. The molecule has 0 aliphatic carbocycles. The van der Waals surface area contributed by atoms with Crippen molar-refractivity contribution in [2.75, 3.05) is 19.6 Å². The molecule has 3 aromatic rings. The molecule has 0 unspecified atom stereocenters. The second-order valence-corrected chi connectivity index (χ2v) is 8.42. The van der Waals surface area contributed by atoms with Crippen LogP contribution in [0.5, 0.6) is 0 Å². The summed E-state index contributed by atoms with van der Waals surface area (Å²) in [6.45, 7) is 2.27. The number of unbranched alkanes of at least 4 members (excludes halogenated alkanes) is 5. The topological polar surface area (TPSA) is 62.1 Å². The van der Waals surface area contributed by atoms with Crippen LogP contribution in [0, 0.1) is 0 Å². The van der Waals surface area contributed by atoms with Crippen molar-refractivity contribution in [2.24, 2.45) is 5.73 Å². The molecule has 0 saturated heterocycles. The normalized spacial score (nSPS) is 11.4. The molecule has 4 nitrogen and oxygen atoms in total. The second-order valence-electron chi connectivity index (χ2n) is 8.42. The van der Waals surface area contributed by atoms with Crippen LogP contribution in [0.25, 0.3) is 17.0 Å². The summed E-state index contributed by atoms with van der Waals surface area (Å²) in [6.07, 6.45) is 14.6. The number of aromatic amines is 1. The molecule has 170 valence electrons. The fourth-order valence-corrected chi connectivity index (χ4v) is 4.09. The molecule has 1 aromatic heterocycles. The molecular formula is C28H37N3O. The fraction of sp³-hybridized carbons (Fsp3) is 0.393. The largest absolute Gasteiger partial charge is 0.361 e. The Labute approximate surface area is 192 Å². The number of carbonyl (C=O) groups is 1. The lowest BCUT2D eigenvalue weighted by Gasteiger charge is -2.21. The van der Waals surface area contributed by atoms with Gasteiger partial charge in [0.05, 0.1) is 0 Å². The molecule has 4 heteroatoms. The molecule has 0 spiro atoms. The molecule has 32 heavy (non-hydrogen) atoms. The number of fused-ring (bicyclic) bond motifs is 1. The van der Waals surface area contributed by atoms with Gasteiger partial charge in [-0.25, -0.2) is 0 Å². The minimum Gasteiger partial charge on any atom is -0.361 e. The van der Waals surface area contributed by atoms with Crippen LogP contribution < -0.4 is 5.73 Å². The van der Waals surface area contributed by atoms with Crippen molar-refractivity contribution in [3.8, 4) is 0 Å². The van der Waals surface area contributed by atoms with E-state index >= 15 is 0 Å². The number of nitrogens with two attached hydrogens (primary N) is 1. The Balaban J connectivity index is 1.53. The van der Waals surface area contributed by atoms with Crippen molar-refractivity contribution < 1.29 is 4.79 Å². The highest BCUT2D eigenvalue weighted by molar-refractivity contribution is 5.84. The first kappa shape index (κ1) is 23.8. The fourth-order valence-electron chi connectivity index (χ4n) is 4.09. The Bertz CT molecular complexity index is 961. The minimum atomic E-state index is 0.233. The van der Waals surface area contributed by atoms with Crippen LogP contribution in [0.3, 0.4) is 0 Å². The predicted octanol–water partition coefficient (Wildman–Crippen LogP) is 5.94. The van der Waals surface area contributed by atoms with Gasteiger partial charge in [-0.05, 0) is 43.0 Å². The summed E-state index contributed by atoms with van der Waals surface area (Å²) in [5, 5.41) is 1.22. The zero-order chi connectivity index (χ0) is 22.4. The van der Waals surface area contributed by atoms with Gasteiger partial charge >= 0.3 is 0 Å². The molecule has 0 radical (unpaired) electrons. The van der Waals surface area contributed by atoms with E-state index in [-0.39, 0.29) is 5.91 Å². The molecule has 1 amide bonds. The number of amides is 1. The maximum absolute atomic E-state index is 13.1. The summed E-state index contributed by atoms with van der Waals surface area (Å²) < 4.78 is 0. The summed E-state index contributed by atoms with van der Waals surface area (Å²) in [6, 6.07) is 18.5. The summed E-state index contributed by atoms with van der Waals surface area (Å²) in [7, 11) is 0. The standard InChI is InChI=1S/C28H37N3O/c29-20-10-3-1-2-4-11-21-31(22-12-15-24-13-6-5-7-14-24)28(32)19-18-25-23-30-27-17-9-8-16-26(25)27/h5-9,12-17,23,30H,1-4,10-11,18-22,29H2/b15-12+. The molecule has 1 heterocycles. The number of aromatic nitrogens is 1. The maximum Gasteiger partial charge on any atom is 0.223 e. The predicted molar refractivity (Wildman–Crippen MR) is 135 cm³/mol. The van der Waals surface area contributed by atoms with Gasteiger partial charge in [-0.1, -0.05) is 86.4 Å². The van der Waals surface area contributed by atoms with Crippen LogP contribution >= 0.6 is 0 Å². The van der Waals surface area contributed by atoms with Crippen molar-refractivity contribution in [2.45, 2.75) is 51.4 Å². The molecular weight excluding hydrogens is 394 g/mol. The summed E-state index contributed by atoms with van der Waals surface area (Å²) >= 11 is 0. The zero-order valence-corrected chi connectivity index (χ0v) is 19.1. The number of nitrogens with zero attached hydrogens (tertiary/aromatic N) is 1. The average molecular weight is 432 g/mol. The number of nitrogens with one attached hydrogen (secondary N) is 1. The lowest BCUT2D eigenvalue weighted by molar-refractivity contribution is -0.130. The van der Waals surface area contributed by atoms with Crippen LogP contribution in [-0.2, 0) is 11.2 Å². The van der Waals surface area contributed by atoms with Crippen LogP contribution in [0.15, 0.2) is 66.9 Å². The molecule has 2 aromatic carbocycles. The summed E-state index contributed by atoms with van der Waals surface area (Å²) in [4.78, 5) is 18.4. The number of hydrogen-bond acceptors (Lipinski definition) is 2. The Kier molecular flexibility index (Phi) is 10.1. The lowest BCUT2D eigenvalue weighted by atomic mass is 10.1. The van der Waals surface area contributed by atoms with E-state index in [1.165, 1.54) is 42.2 Å². The molecule has 0 fully saturated rings. The van der Waals surface area contributed by atoms with Gasteiger partial charge < -0.3 is 15.6 Å². The van der Waals surface area contributed by atoms with E-state index < -0.39 is 0 Å². The Morgan fingerprint density at radius 3 is 2.44 bits per heavy atom. The van der Waals surface area contributed by atoms with Crippen LogP contribution in [0.4, 0.5) is 0 Å². The van der Waals surface area contributed by atoms with Gasteiger partial charge in [0.1, 0.15) is 0 Å². The van der Waals surface area contributed by atoms with Crippen molar-refractivity contribution in [3.63, 3.8) is 0 Å². The van der Waals surface area contributed by atoms with Gasteiger partial charge in [-0.2, -0.15) is 0 Å². The van der Waals surface area contributed by atoms with E-state index in [9.17, 15) is 4.79 Å². The molecule has 0 atom stereocenters. The van der Waals surface area contributed by atoms with Crippen molar-refractivity contribution in [1.82, 2.24) is 9.88 Å². The van der Waals surface area contributed by atoms with Gasteiger partial charge in [0.25, 0.3) is 0 Å². The first-order valence-electron chi connectivity index (χ1n) is 12.0. The molecule has 3 rings (SSSR count). The van der Waals surface area contributed by atoms with E-state index in [0.29, 0.717) is 13.0 Å². The summed E-state index contributed by atoms with van der Waals surface area (Å²) in [5.74, 6) is 0.233. The third-order valence-electron chi connectivity index (χ3n) is 5.95. The molecule has 0 aliphatic rings. The number of aryl methyl sites for hydroxylation is 1. The number of benzene rings is 2. The Morgan fingerprint density at radius 2 is 1.62 bits per heavy atom. The van der Waals surface area contributed by atoms with Gasteiger partial charge in [-0.15, -0.1) is 0 Å². The third kappa shape index (κ3) is 7.69. The van der Waals surface area contributed by atoms with Crippen LogP contribution in [0.2, 0.25) is 0 Å². The smallest absolute Gasteiger partial charge is 0.223 e. The average Bonchev–Trinajstić information content (AvgIpc) is 3.24. The Hall–Kier alpha value is -2.85.